The molecule has 0 fully saturated rings. The van der Waals surface area contributed by atoms with E-state index in [4.69, 9.17) is 4.79 Å². The Hall–Kier alpha value is 0.309. The van der Waals surface area contributed by atoms with Gasteiger partial charge in [0.05, 0.1) is 0 Å². The van der Waals surface area contributed by atoms with E-state index in [1.165, 1.54) is 13.8 Å². The SMILES string of the molecule is CC(=O)F.CC(C)=O.[Cu].[Cu]. The zero-order valence-corrected chi connectivity index (χ0v) is 7.68. The van der Waals surface area contributed by atoms with Gasteiger partial charge in [-0.3, -0.25) is 4.79 Å². The van der Waals surface area contributed by atoms with Gasteiger partial charge in [0, 0.05) is 41.1 Å². The number of ketones is 1. The molecule has 0 aliphatic heterocycles. The summed E-state index contributed by atoms with van der Waals surface area (Å²) in [5, 5.41) is 0. The summed E-state index contributed by atoms with van der Waals surface area (Å²) in [5.74, 6) is 0.167. The molecule has 0 heterocycles. The second-order valence-electron chi connectivity index (χ2n) is 1.38. The summed E-state index contributed by atoms with van der Waals surface area (Å²) in [7, 11) is 0. The van der Waals surface area contributed by atoms with Crippen molar-refractivity contribution in [2.24, 2.45) is 0 Å². The van der Waals surface area contributed by atoms with Gasteiger partial charge in [-0.15, -0.1) is 0 Å². The Balaban J connectivity index is -0.0000000300. The van der Waals surface area contributed by atoms with Crippen molar-refractivity contribution >= 4 is 11.8 Å². The fourth-order valence-corrected chi connectivity index (χ4v) is 0. The summed E-state index contributed by atoms with van der Waals surface area (Å²) in [6.07, 6.45) is 0. The Labute approximate surface area is 80.9 Å². The van der Waals surface area contributed by atoms with E-state index in [9.17, 15) is 9.18 Å². The predicted octanol–water partition coefficient (Wildman–Crippen LogP) is 1.09. The third-order valence-corrected chi connectivity index (χ3v) is 0. The maximum atomic E-state index is 10.4. The first-order chi connectivity index (χ1) is 3.46. The van der Waals surface area contributed by atoms with Gasteiger partial charge in [-0.2, -0.15) is 4.39 Å². The van der Waals surface area contributed by atoms with Crippen LogP contribution in [-0.2, 0) is 43.7 Å². The molecule has 0 saturated carbocycles. The second kappa shape index (κ2) is 16.1. The normalized spacial score (nSPS) is 5.20. The minimum Gasteiger partial charge on any atom is -0.300 e. The molecule has 0 bridgehead atoms. The van der Waals surface area contributed by atoms with Gasteiger partial charge in [0.2, 0.25) is 0 Å². The van der Waals surface area contributed by atoms with Gasteiger partial charge < -0.3 is 4.79 Å². The van der Waals surface area contributed by atoms with Crippen molar-refractivity contribution in [3.8, 4) is 0 Å². The van der Waals surface area contributed by atoms with Crippen LogP contribution in [0.15, 0.2) is 0 Å². The molecule has 0 unspecified atom stereocenters. The van der Waals surface area contributed by atoms with Crippen molar-refractivity contribution in [2.45, 2.75) is 20.8 Å². The van der Waals surface area contributed by atoms with Crippen LogP contribution in [-0.4, -0.2) is 11.8 Å². The number of halogens is 1. The molecule has 10 heavy (non-hydrogen) atoms. The molecule has 0 aliphatic carbocycles. The Morgan fingerprint density at radius 3 is 1.00 bits per heavy atom. The van der Waals surface area contributed by atoms with Crippen LogP contribution in [0.1, 0.15) is 20.8 Å². The first kappa shape index (κ1) is 22.4. The molecule has 0 aromatic carbocycles. The number of Topliss-reactive ketones (excluding diaryl/α,β-unsaturated/α-hetero) is 1. The minimum atomic E-state index is -1.33. The molecular formula is C5H9Cu2FO2. The van der Waals surface area contributed by atoms with E-state index in [1.807, 2.05) is 0 Å². The summed E-state index contributed by atoms with van der Waals surface area (Å²) >= 11 is 0. The fourth-order valence-electron chi connectivity index (χ4n) is 0. The van der Waals surface area contributed by atoms with Gasteiger partial charge >= 0.3 is 0 Å². The molecule has 0 aliphatic rings. The number of rotatable bonds is 0. The zero-order chi connectivity index (χ0) is 7.15. The standard InChI is InChI=1S/C3H6O.C2H3FO.2Cu/c1-3(2)4;1-2(3)4;;/h1-2H3;1H3;;. The van der Waals surface area contributed by atoms with E-state index in [-0.39, 0.29) is 39.9 Å². The average molecular weight is 247 g/mol. The smallest absolute Gasteiger partial charge is 0.298 e. The van der Waals surface area contributed by atoms with Crippen LogP contribution in [0, 0.1) is 0 Å². The summed E-state index contributed by atoms with van der Waals surface area (Å²) in [6, 6.07) is -1.33. The molecule has 2 radical (unpaired) electrons. The van der Waals surface area contributed by atoms with Crippen molar-refractivity contribution in [3.05, 3.63) is 0 Å². The van der Waals surface area contributed by atoms with Crippen molar-refractivity contribution in [3.63, 3.8) is 0 Å². The van der Waals surface area contributed by atoms with Crippen LogP contribution < -0.4 is 0 Å². The van der Waals surface area contributed by atoms with Gasteiger partial charge in [-0.1, -0.05) is 0 Å². The van der Waals surface area contributed by atoms with Crippen LogP contribution >= 0.6 is 0 Å². The van der Waals surface area contributed by atoms with E-state index in [2.05, 4.69) is 0 Å². The number of carbonyl (C=O) groups is 2. The molecule has 0 rings (SSSR count). The summed E-state index contributed by atoms with van der Waals surface area (Å²) in [5.41, 5.74) is 0. The molecule has 70 valence electrons. The maximum absolute atomic E-state index is 10.4. The van der Waals surface area contributed by atoms with E-state index in [1.54, 1.807) is 0 Å². The Morgan fingerprint density at radius 2 is 1.00 bits per heavy atom. The number of carbonyl (C=O) groups excluding carboxylic acids is 2. The summed E-state index contributed by atoms with van der Waals surface area (Å²) < 4.78 is 10.4. The van der Waals surface area contributed by atoms with Crippen molar-refractivity contribution in [1.82, 2.24) is 0 Å². The number of hydrogen-bond donors (Lipinski definition) is 0. The molecule has 0 aromatic heterocycles. The van der Waals surface area contributed by atoms with Gasteiger partial charge in [-0.25, -0.2) is 0 Å². The quantitative estimate of drug-likeness (QED) is 0.474. The minimum absolute atomic E-state index is 0. The largest absolute Gasteiger partial charge is 0.300 e. The Kier molecular flexibility index (Phi) is 36.2. The second-order valence-corrected chi connectivity index (χ2v) is 1.38. The summed E-state index contributed by atoms with van der Waals surface area (Å²) in [6.45, 7) is 3.92. The van der Waals surface area contributed by atoms with E-state index >= 15 is 0 Å². The number of hydrogen-bond acceptors (Lipinski definition) is 2. The van der Waals surface area contributed by atoms with Gasteiger partial charge in [-0.05, 0) is 13.8 Å². The monoisotopic (exact) mass is 246 g/mol. The first-order valence-corrected chi connectivity index (χ1v) is 2.10. The third-order valence-electron chi connectivity index (χ3n) is 0. The molecule has 2 nitrogen and oxygen atoms in total. The molecule has 0 atom stereocenters. The Morgan fingerprint density at radius 1 is 1.00 bits per heavy atom. The molecule has 0 N–H and O–H groups in total. The fraction of sp³-hybridized carbons (Fsp3) is 0.600. The van der Waals surface area contributed by atoms with Crippen LogP contribution in [0.4, 0.5) is 4.39 Å². The molecular weight excluding hydrogens is 238 g/mol. The molecule has 0 amide bonds. The maximum Gasteiger partial charge on any atom is 0.298 e. The van der Waals surface area contributed by atoms with Crippen molar-refractivity contribution in [2.75, 3.05) is 0 Å². The summed E-state index contributed by atoms with van der Waals surface area (Å²) in [4.78, 5) is 18.2. The van der Waals surface area contributed by atoms with Crippen molar-refractivity contribution in [1.29, 1.82) is 0 Å². The Bertz CT molecular complexity index is 75.6. The molecule has 0 saturated heterocycles. The van der Waals surface area contributed by atoms with Crippen LogP contribution in [0.2, 0.25) is 0 Å². The van der Waals surface area contributed by atoms with E-state index < -0.39 is 6.04 Å². The zero-order valence-electron chi connectivity index (χ0n) is 5.80. The predicted molar refractivity (Wildman–Crippen MR) is 28.1 cm³/mol. The van der Waals surface area contributed by atoms with Gasteiger partial charge in [0.1, 0.15) is 5.78 Å². The molecule has 0 aromatic rings. The third kappa shape index (κ3) is 4650. The molecule has 5 heteroatoms. The van der Waals surface area contributed by atoms with Crippen LogP contribution in [0.25, 0.3) is 0 Å². The molecule has 0 spiro atoms. The van der Waals surface area contributed by atoms with Crippen molar-refractivity contribution < 1.29 is 48.1 Å². The van der Waals surface area contributed by atoms with Gasteiger partial charge in [0.15, 0.2) is 0 Å². The van der Waals surface area contributed by atoms with Crippen LogP contribution in [0.3, 0.4) is 0 Å². The van der Waals surface area contributed by atoms with E-state index in [0.29, 0.717) is 0 Å². The topological polar surface area (TPSA) is 34.1 Å². The average Bonchev–Trinajstić information content (AvgIpc) is 1.25. The van der Waals surface area contributed by atoms with Crippen LogP contribution in [0.5, 0.6) is 0 Å². The van der Waals surface area contributed by atoms with E-state index in [0.717, 1.165) is 6.92 Å². The first-order valence-electron chi connectivity index (χ1n) is 2.10. The van der Waals surface area contributed by atoms with Gasteiger partial charge in [0.25, 0.3) is 6.04 Å².